The van der Waals surface area contributed by atoms with E-state index in [1.165, 1.54) is 25.8 Å². The quantitative estimate of drug-likeness (QED) is 0.689. The molecule has 0 aromatic rings. The molecule has 3 unspecified atom stereocenters. The minimum atomic E-state index is 0.645. The van der Waals surface area contributed by atoms with Crippen molar-refractivity contribution in [1.82, 2.24) is 5.32 Å². The summed E-state index contributed by atoms with van der Waals surface area (Å²) < 4.78 is 5.40. The van der Waals surface area contributed by atoms with E-state index in [0.717, 1.165) is 25.0 Å². The predicted molar refractivity (Wildman–Crippen MR) is 49.1 cm³/mol. The molecule has 12 heavy (non-hydrogen) atoms. The predicted octanol–water partition coefficient (Wildman–Crippen LogP) is 1.41. The highest BCUT2D eigenvalue weighted by atomic mass is 16.5. The molecular weight excluding hydrogens is 150 g/mol. The van der Waals surface area contributed by atoms with Crippen LogP contribution in [0.25, 0.3) is 0 Å². The maximum absolute atomic E-state index is 5.40. The van der Waals surface area contributed by atoms with Crippen molar-refractivity contribution >= 4 is 0 Å². The molecule has 0 bridgehead atoms. The van der Waals surface area contributed by atoms with Gasteiger partial charge in [0, 0.05) is 12.6 Å². The second-order valence-corrected chi connectivity index (χ2v) is 4.30. The summed E-state index contributed by atoms with van der Waals surface area (Å²) in [6.45, 7) is 5.46. The summed E-state index contributed by atoms with van der Waals surface area (Å²) in [5.74, 6) is 1.94. The van der Waals surface area contributed by atoms with Crippen molar-refractivity contribution in [2.24, 2.45) is 11.8 Å². The minimum Gasteiger partial charge on any atom is -0.380 e. The van der Waals surface area contributed by atoms with Crippen LogP contribution < -0.4 is 5.32 Å². The Hall–Kier alpha value is -0.0800. The number of rotatable bonds is 3. The molecule has 0 aromatic carbocycles. The van der Waals surface area contributed by atoms with E-state index in [1.54, 1.807) is 0 Å². The van der Waals surface area contributed by atoms with Gasteiger partial charge in [-0.25, -0.2) is 0 Å². The molecule has 1 saturated carbocycles. The Labute approximate surface area is 74.7 Å². The first-order chi connectivity index (χ1) is 5.86. The minimum absolute atomic E-state index is 0.645. The number of hydrogen-bond donors (Lipinski definition) is 1. The molecule has 1 N–H and O–H groups in total. The van der Waals surface area contributed by atoms with Gasteiger partial charge in [-0.05, 0) is 37.6 Å². The molecule has 1 saturated heterocycles. The summed E-state index contributed by atoms with van der Waals surface area (Å²) in [6, 6.07) is 0.645. The van der Waals surface area contributed by atoms with Gasteiger partial charge in [0.05, 0.1) is 6.61 Å². The Morgan fingerprint density at radius 1 is 1.50 bits per heavy atom. The standard InChI is InChI=1S/C10H19NO/c1-8-5-9(8)6-11-10-3-2-4-12-7-10/h8-11H,2-7H2,1H3. The maximum atomic E-state index is 5.40. The molecule has 70 valence electrons. The Morgan fingerprint density at radius 3 is 2.92 bits per heavy atom. The van der Waals surface area contributed by atoms with Gasteiger partial charge < -0.3 is 10.1 Å². The van der Waals surface area contributed by atoms with Crippen molar-refractivity contribution in [1.29, 1.82) is 0 Å². The van der Waals surface area contributed by atoms with E-state index in [0.29, 0.717) is 6.04 Å². The highest BCUT2D eigenvalue weighted by molar-refractivity contribution is 4.85. The largest absolute Gasteiger partial charge is 0.380 e. The van der Waals surface area contributed by atoms with Gasteiger partial charge in [-0.1, -0.05) is 6.92 Å². The van der Waals surface area contributed by atoms with Gasteiger partial charge in [0.1, 0.15) is 0 Å². The maximum Gasteiger partial charge on any atom is 0.0619 e. The van der Waals surface area contributed by atoms with E-state index >= 15 is 0 Å². The van der Waals surface area contributed by atoms with E-state index in [-0.39, 0.29) is 0 Å². The average Bonchev–Trinajstić information content (AvgIpc) is 2.81. The van der Waals surface area contributed by atoms with Crippen LogP contribution in [0.4, 0.5) is 0 Å². The third-order valence-corrected chi connectivity index (χ3v) is 3.11. The van der Waals surface area contributed by atoms with Gasteiger partial charge in [-0.2, -0.15) is 0 Å². The average molecular weight is 169 g/mol. The van der Waals surface area contributed by atoms with Gasteiger partial charge in [0.15, 0.2) is 0 Å². The van der Waals surface area contributed by atoms with Crippen molar-refractivity contribution in [2.75, 3.05) is 19.8 Å². The van der Waals surface area contributed by atoms with Gasteiger partial charge in [0.25, 0.3) is 0 Å². The number of ether oxygens (including phenoxy) is 1. The molecule has 0 aromatic heterocycles. The molecule has 0 amide bonds. The van der Waals surface area contributed by atoms with Crippen LogP contribution in [0.15, 0.2) is 0 Å². The van der Waals surface area contributed by atoms with Crippen LogP contribution in [-0.2, 0) is 4.74 Å². The lowest BCUT2D eigenvalue weighted by Gasteiger charge is -2.23. The van der Waals surface area contributed by atoms with Gasteiger partial charge in [-0.3, -0.25) is 0 Å². The van der Waals surface area contributed by atoms with Crippen LogP contribution in [0, 0.1) is 11.8 Å². The van der Waals surface area contributed by atoms with Crippen molar-refractivity contribution < 1.29 is 4.74 Å². The van der Waals surface area contributed by atoms with Crippen molar-refractivity contribution in [3.8, 4) is 0 Å². The SMILES string of the molecule is CC1CC1CNC1CCCOC1. The summed E-state index contributed by atoms with van der Waals surface area (Å²) in [7, 11) is 0. The van der Waals surface area contributed by atoms with E-state index in [1.807, 2.05) is 0 Å². The van der Waals surface area contributed by atoms with Crippen molar-refractivity contribution in [2.45, 2.75) is 32.2 Å². The smallest absolute Gasteiger partial charge is 0.0619 e. The molecule has 2 heteroatoms. The lowest BCUT2D eigenvalue weighted by Crippen LogP contribution is -2.37. The Balaban J connectivity index is 1.59. The van der Waals surface area contributed by atoms with Crippen LogP contribution in [-0.4, -0.2) is 25.8 Å². The molecule has 1 aliphatic heterocycles. The normalized spacial score (nSPS) is 41.2. The molecule has 2 aliphatic rings. The van der Waals surface area contributed by atoms with Gasteiger partial charge >= 0.3 is 0 Å². The zero-order chi connectivity index (χ0) is 8.39. The topological polar surface area (TPSA) is 21.3 Å². The van der Waals surface area contributed by atoms with Crippen LogP contribution in [0.2, 0.25) is 0 Å². The van der Waals surface area contributed by atoms with Crippen molar-refractivity contribution in [3.05, 3.63) is 0 Å². The van der Waals surface area contributed by atoms with E-state index < -0.39 is 0 Å². The first-order valence-corrected chi connectivity index (χ1v) is 5.17. The molecular formula is C10H19NO. The van der Waals surface area contributed by atoms with E-state index in [9.17, 15) is 0 Å². The molecule has 2 fully saturated rings. The van der Waals surface area contributed by atoms with Crippen molar-refractivity contribution in [3.63, 3.8) is 0 Å². The summed E-state index contributed by atoms with van der Waals surface area (Å²) >= 11 is 0. The first-order valence-electron chi connectivity index (χ1n) is 5.17. The monoisotopic (exact) mass is 169 g/mol. The molecule has 0 spiro atoms. The summed E-state index contributed by atoms with van der Waals surface area (Å²) in [5.41, 5.74) is 0. The van der Waals surface area contributed by atoms with Crippen LogP contribution in [0.3, 0.4) is 0 Å². The third-order valence-electron chi connectivity index (χ3n) is 3.11. The highest BCUT2D eigenvalue weighted by Crippen LogP contribution is 2.36. The number of nitrogens with one attached hydrogen (secondary N) is 1. The number of hydrogen-bond acceptors (Lipinski definition) is 2. The molecule has 3 atom stereocenters. The fourth-order valence-electron chi connectivity index (χ4n) is 1.90. The van der Waals surface area contributed by atoms with E-state index in [4.69, 9.17) is 4.74 Å². The second kappa shape index (κ2) is 3.75. The zero-order valence-electron chi connectivity index (χ0n) is 7.88. The van der Waals surface area contributed by atoms with Crippen LogP contribution in [0.1, 0.15) is 26.2 Å². The third kappa shape index (κ3) is 2.20. The van der Waals surface area contributed by atoms with Crippen LogP contribution >= 0.6 is 0 Å². The highest BCUT2D eigenvalue weighted by Gasteiger charge is 2.32. The second-order valence-electron chi connectivity index (χ2n) is 4.30. The fourth-order valence-corrected chi connectivity index (χ4v) is 1.90. The molecule has 1 heterocycles. The lowest BCUT2D eigenvalue weighted by molar-refractivity contribution is 0.0701. The first kappa shape index (κ1) is 8.52. The summed E-state index contributed by atoms with van der Waals surface area (Å²) in [4.78, 5) is 0. The summed E-state index contributed by atoms with van der Waals surface area (Å²) in [6.07, 6.45) is 3.97. The van der Waals surface area contributed by atoms with Crippen LogP contribution in [0.5, 0.6) is 0 Å². The van der Waals surface area contributed by atoms with E-state index in [2.05, 4.69) is 12.2 Å². The van der Waals surface area contributed by atoms with Gasteiger partial charge in [-0.15, -0.1) is 0 Å². The lowest BCUT2D eigenvalue weighted by atomic mass is 10.1. The molecule has 1 aliphatic carbocycles. The zero-order valence-corrected chi connectivity index (χ0v) is 7.88. The summed E-state index contributed by atoms with van der Waals surface area (Å²) in [5, 5.41) is 3.59. The Kier molecular flexibility index (Phi) is 2.66. The molecule has 0 radical (unpaired) electrons. The molecule has 2 rings (SSSR count). The molecule has 2 nitrogen and oxygen atoms in total. The fraction of sp³-hybridized carbons (Fsp3) is 1.00. The Morgan fingerprint density at radius 2 is 2.33 bits per heavy atom. The van der Waals surface area contributed by atoms with Gasteiger partial charge in [0.2, 0.25) is 0 Å². The Bertz CT molecular complexity index is 143.